The van der Waals surface area contributed by atoms with E-state index < -0.39 is 58.4 Å². The number of allylic oxidation sites excluding steroid dienone is 2. The first-order valence-corrected chi connectivity index (χ1v) is 14.1. The topological polar surface area (TPSA) is 129 Å². The van der Waals surface area contributed by atoms with Crippen LogP contribution < -0.4 is 0 Å². The van der Waals surface area contributed by atoms with Crippen LogP contribution in [0.3, 0.4) is 0 Å². The minimum Gasteiger partial charge on any atom is -0.463 e. The first-order valence-electron chi connectivity index (χ1n) is 14.1. The van der Waals surface area contributed by atoms with Gasteiger partial charge in [-0.3, -0.25) is 0 Å². The molecule has 0 radical (unpaired) electrons. The summed E-state index contributed by atoms with van der Waals surface area (Å²) in [7, 11) is 0. The molecule has 4 saturated heterocycles. The van der Waals surface area contributed by atoms with Gasteiger partial charge >= 0.3 is 11.9 Å². The molecule has 2 aliphatic carbocycles. The van der Waals surface area contributed by atoms with Crippen molar-refractivity contribution in [3.05, 3.63) is 24.3 Å². The number of fused-ring (bicyclic) bond motifs is 3. The van der Waals surface area contributed by atoms with E-state index in [4.69, 9.17) is 33.2 Å². The molecule has 1 N–H and O–H groups in total. The predicted molar refractivity (Wildman–Crippen MR) is 133 cm³/mol. The molecule has 12 unspecified atom stereocenters. The zero-order valence-corrected chi connectivity index (χ0v) is 22.9. The number of rotatable bonds is 1. The molecule has 39 heavy (non-hydrogen) atoms. The Hall–Kier alpha value is -1.82. The van der Waals surface area contributed by atoms with Crippen LogP contribution in [0.25, 0.3) is 0 Å². The third kappa shape index (κ3) is 3.61. The summed E-state index contributed by atoms with van der Waals surface area (Å²) in [6, 6.07) is 0. The number of hydrogen-bond acceptors (Lipinski definition) is 10. The Morgan fingerprint density at radius 3 is 2.51 bits per heavy atom. The van der Waals surface area contributed by atoms with E-state index in [-0.39, 0.29) is 37.1 Å². The first-order chi connectivity index (χ1) is 18.5. The van der Waals surface area contributed by atoms with Gasteiger partial charge in [0.15, 0.2) is 6.10 Å². The van der Waals surface area contributed by atoms with Crippen LogP contribution in [0.2, 0.25) is 0 Å². The molecule has 6 fully saturated rings. The van der Waals surface area contributed by atoms with Crippen molar-refractivity contribution in [2.75, 3.05) is 19.8 Å². The number of ether oxygens (including phenoxy) is 7. The first kappa shape index (κ1) is 26.1. The van der Waals surface area contributed by atoms with Gasteiger partial charge in [0.2, 0.25) is 0 Å². The minimum atomic E-state index is -0.759. The van der Waals surface area contributed by atoms with Crippen LogP contribution in [0.5, 0.6) is 0 Å². The lowest BCUT2D eigenvalue weighted by Gasteiger charge is -2.58. The van der Waals surface area contributed by atoms with E-state index in [1.54, 1.807) is 25.2 Å². The Bertz CT molecular complexity index is 1130. The van der Waals surface area contributed by atoms with Crippen LogP contribution in [0.1, 0.15) is 53.4 Å². The Labute approximate surface area is 227 Å². The van der Waals surface area contributed by atoms with Crippen LogP contribution in [-0.2, 0) is 42.7 Å². The fourth-order valence-corrected chi connectivity index (χ4v) is 8.08. The van der Waals surface area contributed by atoms with Crippen LogP contribution in [-0.4, -0.2) is 96.4 Å². The number of epoxide rings is 3. The number of hydrogen-bond donors (Lipinski definition) is 1. The maximum Gasteiger partial charge on any atom is 0.338 e. The largest absolute Gasteiger partial charge is 0.463 e. The molecule has 0 aromatic heterocycles. The quantitative estimate of drug-likeness (QED) is 0.384. The molecule has 5 aliphatic heterocycles. The molecule has 0 aromatic rings. The second-order valence-corrected chi connectivity index (χ2v) is 13.1. The lowest BCUT2D eigenvalue weighted by Crippen LogP contribution is -2.69. The van der Waals surface area contributed by atoms with E-state index >= 15 is 0 Å². The summed E-state index contributed by atoms with van der Waals surface area (Å²) in [6.07, 6.45) is 5.61. The van der Waals surface area contributed by atoms with Crippen LogP contribution in [0.4, 0.5) is 0 Å². The van der Waals surface area contributed by atoms with Gasteiger partial charge in [0.05, 0.1) is 42.5 Å². The van der Waals surface area contributed by atoms with Crippen LogP contribution >= 0.6 is 0 Å². The highest BCUT2D eigenvalue weighted by Crippen LogP contribution is 2.75. The maximum atomic E-state index is 13.3. The van der Waals surface area contributed by atoms with E-state index in [0.29, 0.717) is 25.9 Å². The third-order valence-electron chi connectivity index (χ3n) is 11.0. The van der Waals surface area contributed by atoms with Crippen molar-refractivity contribution in [1.29, 1.82) is 0 Å². The van der Waals surface area contributed by atoms with Gasteiger partial charge in [0.25, 0.3) is 0 Å². The van der Waals surface area contributed by atoms with Crippen molar-refractivity contribution >= 4 is 11.9 Å². The monoisotopic (exact) mass is 546 g/mol. The SMILES string of the molecule is CC(O)C1C=C/C=C/C(=O)OC2CC3OC4C5OC5(C)CCC4(COC(=O)C4OC4(C)CCO1)C2(C)C31CO1. The van der Waals surface area contributed by atoms with Crippen LogP contribution in [0, 0.1) is 10.8 Å². The summed E-state index contributed by atoms with van der Waals surface area (Å²) < 4.78 is 43.0. The normalized spacial score (nSPS) is 55.6. The lowest BCUT2D eigenvalue weighted by atomic mass is 9.50. The third-order valence-corrected chi connectivity index (χ3v) is 11.0. The molecule has 0 aromatic carbocycles. The molecular weight excluding hydrogens is 508 g/mol. The molecule has 5 heterocycles. The highest BCUT2D eigenvalue weighted by Gasteiger charge is 2.86. The zero-order chi connectivity index (χ0) is 27.4. The number of esters is 2. The van der Waals surface area contributed by atoms with Crippen molar-refractivity contribution < 1.29 is 47.9 Å². The summed E-state index contributed by atoms with van der Waals surface area (Å²) in [5, 5.41) is 10.1. The number of aliphatic hydroxyl groups is 1. The Morgan fingerprint density at radius 2 is 1.77 bits per heavy atom. The van der Waals surface area contributed by atoms with Crippen molar-refractivity contribution in [1.82, 2.24) is 0 Å². The Morgan fingerprint density at radius 1 is 0.974 bits per heavy atom. The van der Waals surface area contributed by atoms with E-state index in [2.05, 4.69) is 13.8 Å². The highest BCUT2D eigenvalue weighted by atomic mass is 16.7. The lowest BCUT2D eigenvalue weighted by molar-refractivity contribution is -0.251. The average Bonchev–Trinajstić information content (AvgIpc) is 3.80. The van der Waals surface area contributed by atoms with Gasteiger partial charge in [0.1, 0.15) is 36.1 Å². The summed E-state index contributed by atoms with van der Waals surface area (Å²) in [5.41, 5.74) is -2.85. The second kappa shape index (κ2) is 8.36. The average molecular weight is 547 g/mol. The van der Waals surface area contributed by atoms with Crippen LogP contribution in [0.15, 0.2) is 24.3 Å². The number of aliphatic hydroxyl groups excluding tert-OH is 1. The standard InChI is InChI=1S/C29H38O10/c1-16(30)17-7-5-6-8-20(31)36-18-13-19-29(15-35-29)27(18,4)28(10-9-25(2)21(38-25)22(28)37-19)14-34-24(32)23-26(3,39-23)11-12-33-17/h5-8,16-19,21-23,30H,9-15H2,1-4H3/b7-5?,8-6+. The predicted octanol–water partition coefficient (Wildman–Crippen LogP) is 1.77. The van der Waals surface area contributed by atoms with Crippen molar-refractivity contribution in [3.8, 4) is 0 Å². The summed E-state index contributed by atoms with van der Waals surface area (Å²) in [4.78, 5) is 26.3. The highest BCUT2D eigenvalue weighted by molar-refractivity contribution is 5.82. The van der Waals surface area contributed by atoms with E-state index in [0.717, 1.165) is 6.42 Å². The number of carbonyl (C=O) groups is 2. The number of carbonyl (C=O) groups excluding carboxylic acids is 2. The smallest absolute Gasteiger partial charge is 0.338 e. The molecule has 7 rings (SSSR count). The maximum absolute atomic E-state index is 13.3. The van der Waals surface area contributed by atoms with Gasteiger partial charge in [-0.2, -0.15) is 0 Å². The van der Waals surface area contributed by atoms with Crippen molar-refractivity contribution in [2.24, 2.45) is 10.8 Å². The van der Waals surface area contributed by atoms with Gasteiger partial charge in [-0.15, -0.1) is 0 Å². The van der Waals surface area contributed by atoms with Gasteiger partial charge < -0.3 is 38.3 Å². The molecular formula is C29H38O10. The summed E-state index contributed by atoms with van der Waals surface area (Å²) >= 11 is 0. The van der Waals surface area contributed by atoms with Gasteiger partial charge in [0, 0.05) is 24.3 Å². The molecule has 12 atom stereocenters. The fourth-order valence-electron chi connectivity index (χ4n) is 8.08. The molecule has 214 valence electrons. The zero-order valence-electron chi connectivity index (χ0n) is 22.9. The fraction of sp³-hybridized carbons (Fsp3) is 0.793. The Kier molecular flexibility index (Phi) is 5.60. The van der Waals surface area contributed by atoms with Crippen molar-refractivity contribution in [2.45, 2.75) is 113 Å². The van der Waals surface area contributed by atoms with E-state index in [1.807, 2.05) is 6.92 Å². The van der Waals surface area contributed by atoms with E-state index in [1.165, 1.54) is 6.08 Å². The molecule has 2 spiro atoms. The molecule has 2 saturated carbocycles. The molecule has 10 nitrogen and oxygen atoms in total. The molecule has 10 heteroatoms. The van der Waals surface area contributed by atoms with Crippen molar-refractivity contribution in [3.63, 3.8) is 0 Å². The summed E-state index contributed by atoms with van der Waals surface area (Å²) in [6.45, 7) is 8.62. The second-order valence-electron chi connectivity index (χ2n) is 13.1. The van der Waals surface area contributed by atoms with E-state index in [9.17, 15) is 14.7 Å². The Balaban J connectivity index is 1.24. The minimum absolute atomic E-state index is 0.101. The molecule has 7 aliphatic rings. The molecule has 2 bridgehead atoms. The number of cyclic esters (lactones) is 1. The molecule has 0 amide bonds. The van der Waals surface area contributed by atoms with Gasteiger partial charge in [-0.05, 0) is 33.6 Å². The van der Waals surface area contributed by atoms with Gasteiger partial charge in [-0.25, -0.2) is 9.59 Å². The summed E-state index contributed by atoms with van der Waals surface area (Å²) in [5.74, 6) is -0.895. The van der Waals surface area contributed by atoms with Gasteiger partial charge in [-0.1, -0.05) is 25.2 Å².